The summed E-state index contributed by atoms with van der Waals surface area (Å²) in [5.74, 6) is 0.991. The summed E-state index contributed by atoms with van der Waals surface area (Å²) in [5, 5.41) is 0. The van der Waals surface area contributed by atoms with E-state index in [1.807, 2.05) is 37.3 Å². The highest BCUT2D eigenvalue weighted by Crippen LogP contribution is 2.17. The second-order valence-corrected chi connectivity index (χ2v) is 5.64. The number of carbonyl (C=O) groups is 1. The maximum absolute atomic E-state index is 12.1. The smallest absolute Gasteiger partial charge is 0.343 e. The number of aryl methyl sites for hydroxylation is 1. The fraction of sp³-hybridized carbons (Fsp3) is 0.350. The van der Waals surface area contributed by atoms with Crippen molar-refractivity contribution in [3.8, 4) is 11.5 Å². The van der Waals surface area contributed by atoms with Crippen LogP contribution in [0, 0.1) is 6.92 Å². The van der Waals surface area contributed by atoms with Gasteiger partial charge < -0.3 is 9.47 Å². The molecule has 3 heteroatoms. The van der Waals surface area contributed by atoms with E-state index < -0.39 is 0 Å². The number of benzene rings is 2. The largest absolute Gasteiger partial charge is 0.494 e. The molecule has 0 amide bonds. The van der Waals surface area contributed by atoms with Crippen molar-refractivity contribution in [2.75, 3.05) is 6.61 Å². The Kier molecular flexibility index (Phi) is 6.67. The van der Waals surface area contributed by atoms with Crippen LogP contribution < -0.4 is 9.47 Å². The Morgan fingerprint density at radius 1 is 0.957 bits per heavy atom. The first-order chi connectivity index (χ1) is 11.2. The van der Waals surface area contributed by atoms with Crippen molar-refractivity contribution in [1.82, 2.24) is 0 Å². The maximum atomic E-state index is 12.1. The van der Waals surface area contributed by atoms with Crippen molar-refractivity contribution in [2.45, 2.75) is 39.5 Å². The first-order valence-corrected chi connectivity index (χ1v) is 8.21. The summed E-state index contributed by atoms with van der Waals surface area (Å²) in [5.41, 5.74) is 1.58. The SMILES string of the molecule is CCCCCCOc1ccc(C(=O)Oc2cccc(C)c2)cc1. The van der Waals surface area contributed by atoms with Gasteiger partial charge in [0, 0.05) is 0 Å². The molecule has 2 aromatic rings. The molecule has 0 bridgehead atoms. The normalized spacial score (nSPS) is 10.3. The number of hydrogen-bond donors (Lipinski definition) is 0. The molecular weight excluding hydrogens is 288 g/mol. The zero-order chi connectivity index (χ0) is 16.5. The van der Waals surface area contributed by atoms with Crippen molar-refractivity contribution in [3.63, 3.8) is 0 Å². The molecule has 0 aromatic heterocycles. The lowest BCUT2D eigenvalue weighted by Crippen LogP contribution is -2.08. The number of hydrogen-bond acceptors (Lipinski definition) is 3. The molecule has 0 aliphatic carbocycles. The molecule has 2 rings (SSSR count). The van der Waals surface area contributed by atoms with E-state index in [1.165, 1.54) is 19.3 Å². The summed E-state index contributed by atoms with van der Waals surface area (Å²) in [6, 6.07) is 14.5. The minimum Gasteiger partial charge on any atom is -0.494 e. The average molecular weight is 312 g/mol. The number of rotatable bonds is 8. The minimum atomic E-state index is -0.356. The van der Waals surface area contributed by atoms with Crippen LogP contribution in [0.15, 0.2) is 48.5 Å². The molecule has 0 spiro atoms. The van der Waals surface area contributed by atoms with Crippen LogP contribution in [0.4, 0.5) is 0 Å². The van der Waals surface area contributed by atoms with Gasteiger partial charge in [-0.3, -0.25) is 0 Å². The van der Waals surface area contributed by atoms with Gasteiger partial charge in [0.2, 0.25) is 0 Å². The third kappa shape index (κ3) is 5.78. The second kappa shape index (κ2) is 8.99. The predicted molar refractivity (Wildman–Crippen MR) is 92.2 cm³/mol. The molecule has 0 atom stereocenters. The Bertz CT molecular complexity index is 617. The lowest BCUT2D eigenvalue weighted by atomic mass is 10.2. The molecule has 0 fully saturated rings. The highest BCUT2D eigenvalue weighted by molar-refractivity contribution is 5.91. The topological polar surface area (TPSA) is 35.5 Å². The third-order valence-corrected chi connectivity index (χ3v) is 3.56. The van der Waals surface area contributed by atoms with E-state index in [1.54, 1.807) is 18.2 Å². The van der Waals surface area contributed by atoms with Gasteiger partial charge in [-0.15, -0.1) is 0 Å². The molecule has 0 radical (unpaired) electrons. The molecule has 122 valence electrons. The van der Waals surface area contributed by atoms with Crippen LogP contribution >= 0.6 is 0 Å². The summed E-state index contributed by atoms with van der Waals surface area (Å²) in [7, 11) is 0. The zero-order valence-electron chi connectivity index (χ0n) is 13.9. The van der Waals surface area contributed by atoms with Crippen LogP contribution in [-0.4, -0.2) is 12.6 Å². The number of ether oxygens (including phenoxy) is 2. The Morgan fingerprint density at radius 2 is 1.74 bits per heavy atom. The van der Waals surface area contributed by atoms with Gasteiger partial charge in [-0.05, 0) is 55.3 Å². The third-order valence-electron chi connectivity index (χ3n) is 3.56. The van der Waals surface area contributed by atoms with E-state index in [4.69, 9.17) is 9.47 Å². The number of esters is 1. The lowest BCUT2D eigenvalue weighted by molar-refractivity contribution is 0.0734. The Labute approximate surface area is 138 Å². The molecule has 0 unspecified atom stereocenters. The quantitative estimate of drug-likeness (QED) is 0.383. The van der Waals surface area contributed by atoms with Crippen molar-refractivity contribution in [3.05, 3.63) is 59.7 Å². The van der Waals surface area contributed by atoms with Crippen LogP contribution in [-0.2, 0) is 0 Å². The Morgan fingerprint density at radius 3 is 2.43 bits per heavy atom. The van der Waals surface area contributed by atoms with Gasteiger partial charge in [0.15, 0.2) is 0 Å². The van der Waals surface area contributed by atoms with Crippen molar-refractivity contribution < 1.29 is 14.3 Å². The van der Waals surface area contributed by atoms with Gasteiger partial charge in [-0.25, -0.2) is 4.79 Å². The molecule has 2 aromatic carbocycles. The van der Waals surface area contributed by atoms with Crippen LogP contribution in [0.2, 0.25) is 0 Å². The van der Waals surface area contributed by atoms with Gasteiger partial charge in [0.05, 0.1) is 12.2 Å². The number of carbonyl (C=O) groups excluding carboxylic acids is 1. The molecule has 0 saturated carbocycles. The van der Waals surface area contributed by atoms with Crippen LogP contribution in [0.1, 0.15) is 48.5 Å². The molecule has 0 N–H and O–H groups in total. The lowest BCUT2D eigenvalue weighted by Gasteiger charge is -2.08. The van der Waals surface area contributed by atoms with Crippen molar-refractivity contribution in [1.29, 1.82) is 0 Å². The van der Waals surface area contributed by atoms with E-state index in [2.05, 4.69) is 6.92 Å². The summed E-state index contributed by atoms with van der Waals surface area (Å²) in [6.45, 7) is 4.87. The van der Waals surface area contributed by atoms with Gasteiger partial charge in [-0.2, -0.15) is 0 Å². The van der Waals surface area contributed by atoms with E-state index in [0.29, 0.717) is 17.9 Å². The van der Waals surface area contributed by atoms with Gasteiger partial charge in [0.1, 0.15) is 11.5 Å². The van der Waals surface area contributed by atoms with E-state index in [-0.39, 0.29) is 5.97 Å². The summed E-state index contributed by atoms with van der Waals surface area (Å²) >= 11 is 0. The molecule has 0 heterocycles. The summed E-state index contributed by atoms with van der Waals surface area (Å²) in [6.07, 6.45) is 4.72. The second-order valence-electron chi connectivity index (χ2n) is 5.64. The molecule has 3 nitrogen and oxygen atoms in total. The van der Waals surface area contributed by atoms with E-state index in [0.717, 1.165) is 17.7 Å². The minimum absolute atomic E-state index is 0.356. The van der Waals surface area contributed by atoms with Crippen LogP contribution in [0.3, 0.4) is 0 Å². The highest BCUT2D eigenvalue weighted by Gasteiger charge is 2.08. The summed E-state index contributed by atoms with van der Waals surface area (Å²) < 4.78 is 11.0. The maximum Gasteiger partial charge on any atom is 0.343 e. The summed E-state index contributed by atoms with van der Waals surface area (Å²) in [4.78, 5) is 12.1. The number of unbranched alkanes of at least 4 members (excludes halogenated alkanes) is 3. The monoisotopic (exact) mass is 312 g/mol. The van der Waals surface area contributed by atoms with E-state index in [9.17, 15) is 4.79 Å². The zero-order valence-corrected chi connectivity index (χ0v) is 13.9. The molecule has 23 heavy (non-hydrogen) atoms. The van der Waals surface area contributed by atoms with Crippen molar-refractivity contribution in [2.24, 2.45) is 0 Å². The standard InChI is InChI=1S/C20H24O3/c1-3-4-5-6-14-22-18-12-10-17(11-13-18)20(21)23-19-9-7-8-16(2)15-19/h7-13,15H,3-6,14H2,1-2H3. The van der Waals surface area contributed by atoms with Gasteiger partial charge in [0.25, 0.3) is 0 Å². The van der Waals surface area contributed by atoms with Crippen LogP contribution in [0.5, 0.6) is 11.5 Å². The predicted octanol–water partition coefficient (Wildman–Crippen LogP) is 5.17. The van der Waals surface area contributed by atoms with Crippen LogP contribution in [0.25, 0.3) is 0 Å². The van der Waals surface area contributed by atoms with E-state index >= 15 is 0 Å². The fourth-order valence-electron chi connectivity index (χ4n) is 2.25. The first kappa shape index (κ1) is 17.1. The fourth-order valence-corrected chi connectivity index (χ4v) is 2.25. The van der Waals surface area contributed by atoms with Gasteiger partial charge in [-0.1, -0.05) is 38.3 Å². The molecule has 0 saturated heterocycles. The van der Waals surface area contributed by atoms with Crippen molar-refractivity contribution >= 4 is 5.97 Å². The molecule has 0 aliphatic rings. The Hall–Kier alpha value is -2.29. The molecule has 0 aliphatic heterocycles. The first-order valence-electron chi connectivity index (χ1n) is 8.21. The van der Waals surface area contributed by atoms with Gasteiger partial charge >= 0.3 is 5.97 Å². The highest BCUT2D eigenvalue weighted by atomic mass is 16.5. The average Bonchev–Trinajstić information content (AvgIpc) is 2.55. The Balaban J connectivity index is 1.85. The molecular formula is C20H24O3.